The summed E-state index contributed by atoms with van der Waals surface area (Å²) in [5, 5.41) is 2.06. The second-order valence-corrected chi connectivity index (χ2v) is 19.3. The zero-order valence-corrected chi connectivity index (χ0v) is 30.4. The van der Waals surface area contributed by atoms with Gasteiger partial charge in [0.05, 0.1) is 18.4 Å². The average Bonchev–Trinajstić information content (AvgIpc) is 3.03. The molecule has 3 rings (SSSR count). The number of hydrogen-bond donors (Lipinski definition) is 1. The van der Waals surface area contributed by atoms with Gasteiger partial charge in [0.2, 0.25) is 10.0 Å². The van der Waals surface area contributed by atoms with Crippen LogP contribution in [0.1, 0.15) is 78.2 Å². The lowest BCUT2D eigenvalue weighted by molar-refractivity contribution is -0.141. The number of sulfonamides is 1. The molecule has 0 spiro atoms. The molecule has 0 aliphatic carbocycles. The molecule has 0 aliphatic rings. The summed E-state index contributed by atoms with van der Waals surface area (Å²) in [6.07, 6.45) is 4.14. The monoisotopic (exact) mass is 666 g/mol. The Balaban J connectivity index is 2.19. The van der Waals surface area contributed by atoms with Crippen molar-refractivity contribution >= 4 is 34.7 Å². The number of nitrogens with zero attached hydrogens (tertiary/aromatic N) is 1. The van der Waals surface area contributed by atoms with Crippen LogP contribution in [0.5, 0.6) is 0 Å². The van der Waals surface area contributed by atoms with E-state index in [9.17, 15) is 13.2 Å². The molecule has 0 radical (unpaired) electrons. The third-order valence-electron chi connectivity index (χ3n) is 8.67. The van der Waals surface area contributed by atoms with Crippen LogP contribution in [-0.2, 0) is 24.0 Å². The maximum atomic E-state index is 14.3. The standard InChI is InChI=1S/C37H54N2O5SSi/c1-7-8-11-17-32(44-46(37(3,4)5,34-18-12-9-13-19-34)35-20-14-10-15-21-35)28-31(29-36(40)43-6)39(27-16-26-38)45(41,42)33-24-22-30(2)23-25-33/h9-10,12-15,18-25,31-32H,7-8,11,16-17,26-29,38H2,1-6H3/t31-,32-/m1/s1. The summed E-state index contributed by atoms with van der Waals surface area (Å²) in [5.74, 6) is -0.459. The highest BCUT2D eigenvalue weighted by Gasteiger charge is 2.51. The van der Waals surface area contributed by atoms with Crippen molar-refractivity contribution in [1.29, 1.82) is 0 Å². The van der Waals surface area contributed by atoms with Crippen LogP contribution in [0.3, 0.4) is 0 Å². The second-order valence-electron chi connectivity index (χ2n) is 13.1. The largest absolute Gasteiger partial charge is 0.469 e. The van der Waals surface area contributed by atoms with E-state index in [2.05, 4.69) is 76.2 Å². The second kappa shape index (κ2) is 17.4. The summed E-state index contributed by atoms with van der Waals surface area (Å²) < 4.78 is 42.8. The molecule has 7 nitrogen and oxygen atoms in total. The van der Waals surface area contributed by atoms with Gasteiger partial charge in [0.25, 0.3) is 8.32 Å². The first kappa shape index (κ1) is 37.6. The highest BCUT2D eigenvalue weighted by molar-refractivity contribution is 7.89. The van der Waals surface area contributed by atoms with Crippen molar-refractivity contribution in [2.24, 2.45) is 5.73 Å². The first-order valence-corrected chi connectivity index (χ1v) is 19.9. The minimum atomic E-state index is -3.96. The maximum Gasteiger partial charge on any atom is 0.307 e. The summed E-state index contributed by atoms with van der Waals surface area (Å²) in [5.41, 5.74) is 6.88. The van der Waals surface area contributed by atoms with Crippen molar-refractivity contribution in [2.45, 2.75) is 102 Å². The van der Waals surface area contributed by atoms with Gasteiger partial charge in [-0.25, -0.2) is 8.42 Å². The third kappa shape index (κ3) is 9.38. The van der Waals surface area contributed by atoms with Gasteiger partial charge in [-0.15, -0.1) is 0 Å². The molecule has 0 bridgehead atoms. The smallest absolute Gasteiger partial charge is 0.307 e. The first-order valence-electron chi connectivity index (χ1n) is 16.5. The molecule has 0 amide bonds. The zero-order chi connectivity index (χ0) is 33.8. The first-order chi connectivity index (χ1) is 21.9. The quantitative estimate of drug-likeness (QED) is 0.0989. The molecule has 3 aromatic carbocycles. The number of carbonyl (C=O) groups excluding carboxylic acids is 1. The summed E-state index contributed by atoms with van der Waals surface area (Å²) >= 11 is 0. The Bertz CT molecular complexity index is 1410. The van der Waals surface area contributed by atoms with Gasteiger partial charge >= 0.3 is 5.97 Å². The van der Waals surface area contributed by atoms with E-state index < -0.39 is 30.4 Å². The Morgan fingerprint density at radius 2 is 1.46 bits per heavy atom. The third-order valence-corrected chi connectivity index (χ3v) is 15.7. The number of carbonyl (C=O) groups is 1. The van der Waals surface area contributed by atoms with Gasteiger partial charge in [-0.1, -0.05) is 125 Å². The van der Waals surface area contributed by atoms with Crippen LogP contribution in [0, 0.1) is 6.92 Å². The number of nitrogens with two attached hydrogens (primary N) is 1. The summed E-state index contributed by atoms with van der Waals surface area (Å²) in [6, 6.07) is 27.1. The SMILES string of the molecule is CCCCC[C@H](C[C@H](CC(=O)OC)N(CCCN)S(=O)(=O)c1ccc(C)cc1)O[Si](c1ccccc1)(c1ccccc1)C(C)(C)C. The van der Waals surface area contributed by atoms with Crippen LogP contribution in [0.2, 0.25) is 5.04 Å². The topological polar surface area (TPSA) is 98.9 Å². The van der Waals surface area contributed by atoms with Crippen LogP contribution >= 0.6 is 0 Å². The van der Waals surface area contributed by atoms with Crippen molar-refractivity contribution < 1.29 is 22.4 Å². The molecule has 0 aromatic heterocycles. The van der Waals surface area contributed by atoms with E-state index in [1.807, 2.05) is 19.1 Å². The average molecular weight is 667 g/mol. The fourth-order valence-corrected chi connectivity index (χ4v) is 12.7. The Morgan fingerprint density at radius 3 is 1.93 bits per heavy atom. The van der Waals surface area contributed by atoms with Crippen molar-refractivity contribution in [3.8, 4) is 0 Å². The summed E-state index contributed by atoms with van der Waals surface area (Å²) in [6.45, 7) is 11.3. The van der Waals surface area contributed by atoms with Gasteiger partial charge < -0.3 is 14.9 Å². The number of aryl methyl sites for hydroxylation is 1. The molecule has 252 valence electrons. The molecule has 2 N–H and O–H groups in total. The van der Waals surface area contributed by atoms with Gasteiger partial charge in [-0.3, -0.25) is 4.79 Å². The molecule has 0 unspecified atom stereocenters. The lowest BCUT2D eigenvalue weighted by atomic mass is 10.0. The van der Waals surface area contributed by atoms with Crippen molar-refractivity contribution in [3.05, 3.63) is 90.5 Å². The van der Waals surface area contributed by atoms with Gasteiger partial charge in [0, 0.05) is 18.7 Å². The predicted molar refractivity (Wildman–Crippen MR) is 190 cm³/mol. The number of methoxy groups -OCH3 is 1. The highest BCUT2D eigenvalue weighted by Crippen LogP contribution is 2.39. The Morgan fingerprint density at radius 1 is 0.891 bits per heavy atom. The van der Waals surface area contributed by atoms with E-state index in [0.717, 1.165) is 41.6 Å². The molecule has 9 heteroatoms. The van der Waals surface area contributed by atoms with Crippen LogP contribution < -0.4 is 16.1 Å². The molecule has 0 fully saturated rings. The minimum absolute atomic E-state index is 0.0828. The molecular weight excluding hydrogens is 613 g/mol. The fourth-order valence-electron chi connectivity index (χ4n) is 6.26. The lowest BCUT2D eigenvalue weighted by Gasteiger charge is -2.46. The van der Waals surface area contributed by atoms with Crippen LogP contribution in [0.4, 0.5) is 0 Å². The number of ether oxygens (including phenoxy) is 1. The Labute approximate surface area is 278 Å². The molecule has 46 heavy (non-hydrogen) atoms. The molecule has 0 saturated heterocycles. The van der Waals surface area contributed by atoms with Gasteiger partial charge in [-0.05, 0) is 60.3 Å². The fraction of sp³-hybridized carbons (Fsp3) is 0.486. The van der Waals surface area contributed by atoms with Crippen LogP contribution in [0.15, 0.2) is 89.8 Å². The van der Waals surface area contributed by atoms with Crippen molar-refractivity contribution in [2.75, 3.05) is 20.2 Å². The molecule has 0 saturated carbocycles. The molecule has 0 heterocycles. The number of hydrogen-bond acceptors (Lipinski definition) is 6. The van der Waals surface area contributed by atoms with E-state index in [0.29, 0.717) is 19.4 Å². The summed E-state index contributed by atoms with van der Waals surface area (Å²) in [4.78, 5) is 13.1. The van der Waals surface area contributed by atoms with Crippen molar-refractivity contribution in [3.63, 3.8) is 0 Å². The van der Waals surface area contributed by atoms with E-state index >= 15 is 0 Å². The van der Waals surface area contributed by atoms with E-state index in [-0.39, 0.29) is 29.0 Å². The van der Waals surface area contributed by atoms with Crippen LogP contribution in [0.25, 0.3) is 0 Å². The van der Waals surface area contributed by atoms with E-state index in [4.69, 9.17) is 14.9 Å². The normalized spacial score (nSPS) is 13.8. The van der Waals surface area contributed by atoms with Gasteiger partial charge in [-0.2, -0.15) is 4.31 Å². The molecule has 2 atom stereocenters. The number of esters is 1. The summed E-state index contributed by atoms with van der Waals surface area (Å²) in [7, 11) is -5.59. The lowest BCUT2D eigenvalue weighted by Crippen LogP contribution is -2.68. The van der Waals surface area contributed by atoms with Gasteiger partial charge in [0.1, 0.15) is 0 Å². The Kier molecular flexibility index (Phi) is 14.2. The Hall–Kier alpha value is -2.82. The molecular formula is C37H54N2O5SSi. The molecule has 3 aromatic rings. The van der Waals surface area contributed by atoms with Gasteiger partial charge in [0.15, 0.2) is 0 Å². The highest BCUT2D eigenvalue weighted by atomic mass is 32.2. The van der Waals surface area contributed by atoms with E-state index in [1.165, 1.54) is 11.4 Å². The number of unbranched alkanes of at least 4 members (excludes halogenated alkanes) is 2. The van der Waals surface area contributed by atoms with Crippen molar-refractivity contribution in [1.82, 2.24) is 4.31 Å². The van der Waals surface area contributed by atoms with Crippen LogP contribution in [-0.4, -0.2) is 59.4 Å². The number of rotatable bonds is 18. The predicted octanol–water partition coefficient (Wildman–Crippen LogP) is 6.18. The minimum Gasteiger partial charge on any atom is -0.469 e. The zero-order valence-electron chi connectivity index (χ0n) is 28.6. The number of benzene rings is 3. The van der Waals surface area contributed by atoms with E-state index in [1.54, 1.807) is 24.3 Å². The maximum absolute atomic E-state index is 14.3. The molecule has 0 aliphatic heterocycles.